The Morgan fingerprint density at radius 1 is 1.16 bits per heavy atom. The Bertz CT molecular complexity index is 579. The number of nitrogens with two attached hydrogens (primary N) is 1. The maximum Gasteiger partial charge on any atom is 0.138 e. The number of benzene rings is 1. The minimum absolute atomic E-state index is 0.233. The quantitative estimate of drug-likeness (QED) is 0.913. The van der Waals surface area contributed by atoms with Crippen LogP contribution in [0.15, 0.2) is 30.6 Å². The molecule has 1 aromatic carbocycles. The van der Waals surface area contributed by atoms with Crippen molar-refractivity contribution in [1.82, 2.24) is 4.98 Å². The van der Waals surface area contributed by atoms with Gasteiger partial charge in [0.1, 0.15) is 5.75 Å². The van der Waals surface area contributed by atoms with Gasteiger partial charge in [0.25, 0.3) is 0 Å². The molecule has 1 aromatic heterocycles. The summed E-state index contributed by atoms with van der Waals surface area (Å²) < 4.78 is 6.03. The summed E-state index contributed by atoms with van der Waals surface area (Å²) in [6.45, 7) is 0. The highest BCUT2D eigenvalue weighted by atomic mass is 35.5. The fourth-order valence-electron chi connectivity index (χ4n) is 2.59. The monoisotopic (exact) mass is 276 g/mol. The number of halogens is 1. The van der Waals surface area contributed by atoms with E-state index in [0.29, 0.717) is 11.1 Å². The zero-order valence-corrected chi connectivity index (χ0v) is 11.4. The van der Waals surface area contributed by atoms with E-state index in [1.165, 1.54) is 0 Å². The molecule has 0 radical (unpaired) electrons. The van der Waals surface area contributed by atoms with E-state index in [2.05, 4.69) is 4.98 Å². The first-order valence-corrected chi connectivity index (χ1v) is 7.06. The molecule has 19 heavy (non-hydrogen) atoms. The summed E-state index contributed by atoms with van der Waals surface area (Å²) in [6, 6.07) is 6.18. The molecule has 0 atom stereocenters. The molecule has 3 rings (SSSR count). The number of nitrogens with zero attached hydrogens (tertiary/aromatic N) is 1. The molecule has 0 amide bonds. The van der Waals surface area contributed by atoms with Crippen LogP contribution >= 0.6 is 11.6 Å². The molecule has 1 aliphatic rings. The number of ether oxygens (including phenoxy) is 1. The van der Waals surface area contributed by atoms with Crippen LogP contribution in [0.4, 0.5) is 0 Å². The Morgan fingerprint density at radius 2 is 1.95 bits per heavy atom. The van der Waals surface area contributed by atoms with Crippen molar-refractivity contribution in [2.24, 2.45) is 5.73 Å². The molecule has 1 heterocycles. The van der Waals surface area contributed by atoms with Crippen LogP contribution in [-0.4, -0.2) is 17.1 Å². The molecule has 1 saturated carbocycles. The third kappa shape index (κ3) is 2.67. The lowest BCUT2D eigenvalue weighted by Gasteiger charge is -2.27. The van der Waals surface area contributed by atoms with Crippen LogP contribution in [0.1, 0.15) is 25.7 Å². The molecule has 0 unspecified atom stereocenters. The molecular weight excluding hydrogens is 260 g/mol. The smallest absolute Gasteiger partial charge is 0.138 e. The van der Waals surface area contributed by atoms with Gasteiger partial charge in [-0.15, -0.1) is 0 Å². The Hall–Kier alpha value is -1.32. The Balaban J connectivity index is 1.83. The summed E-state index contributed by atoms with van der Waals surface area (Å²) in [5.41, 5.74) is 5.91. The third-order valence-electron chi connectivity index (χ3n) is 3.73. The predicted octanol–water partition coefficient (Wildman–Crippen LogP) is 3.54. The largest absolute Gasteiger partial charge is 0.489 e. The van der Waals surface area contributed by atoms with E-state index in [9.17, 15) is 0 Å². The summed E-state index contributed by atoms with van der Waals surface area (Å²) in [6.07, 6.45) is 7.86. The number of hydrogen-bond acceptors (Lipinski definition) is 3. The molecule has 4 heteroatoms. The van der Waals surface area contributed by atoms with E-state index in [-0.39, 0.29) is 6.10 Å². The van der Waals surface area contributed by atoms with Gasteiger partial charge in [0.05, 0.1) is 11.1 Å². The molecule has 0 aliphatic heterocycles. The summed E-state index contributed by atoms with van der Waals surface area (Å²) in [7, 11) is 0. The van der Waals surface area contributed by atoms with Crippen molar-refractivity contribution in [3.8, 4) is 5.75 Å². The molecular formula is C15H17ClN2O. The van der Waals surface area contributed by atoms with Crippen molar-refractivity contribution in [3.63, 3.8) is 0 Å². The SMILES string of the molecule is NC1CCC(Oc2ccc3cnccc3c2Cl)CC1. The maximum absolute atomic E-state index is 6.41. The first-order valence-electron chi connectivity index (χ1n) is 6.68. The topological polar surface area (TPSA) is 48.1 Å². The van der Waals surface area contributed by atoms with Crippen LogP contribution < -0.4 is 10.5 Å². The number of pyridine rings is 1. The van der Waals surface area contributed by atoms with Crippen LogP contribution in [0.5, 0.6) is 5.75 Å². The fourth-order valence-corrected chi connectivity index (χ4v) is 2.87. The summed E-state index contributed by atoms with van der Waals surface area (Å²) in [5, 5.41) is 2.70. The average Bonchev–Trinajstić information content (AvgIpc) is 2.45. The lowest BCUT2D eigenvalue weighted by molar-refractivity contribution is 0.147. The molecule has 3 nitrogen and oxygen atoms in total. The number of aromatic nitrogens is 1. The lowest BCUT2D eigenvalue weighted by Crippen LogP contribution is -2.31. The predicted molar refractivity (Wildman–Crippen MR) is 77.6 cm³/mol. The first kappa shape index (κ1) is 12.7. The molecule has 100 valence electrons. The molecule has 2 N–H and O–H groups in total. The Kier molecular flexibility index (Phi) is 3.58. The van der Waals surface area contributed by atoms with Gasteiger partial charge in [0.2, 0.25) is 0 Å². The van der Waals surface area contributed by atoms with Crippen LogP contribution in [0.2, 0.25) is 5.02 Å². The van der Waals surface area contributed by atoms with E-state index >= 15 is 0 Å². The second-order valence-corrected chi connectivity index (χ2v) is 5.51. The number of fused-ring (bicyclic) bond motifs is 1. The average molecular weight is 277 g/mol. The minimum atomic E-state index is 0.233. The van der Waals surface area contributed by atoms with E-state index in [1.54, 1.807) is 6.20 Å². The zero-order valence-electron chi connectivity index (χ0n) is 10.7. The van der Waals surface area contributed by atoms with Gasteiger partial charge in [0.15, 0.2) is 0 Å². The highest BCUT2D eigenvalue weighted by Crippen LogP contribution is 2.34. The van der Waals surface area contributed by atoms with Crippen LogP contribution in [0, 0.1) is 0 Å². The van der Waals surface area contributed by atoms with E-state index in [4.69, 9.17) is 22.1 Å². The van der Waals surface area contributed by atoms with Gasteiger partial charge in [0, 0.05) is 29.2 Å². The second-order valence-electron chi connectivity index (χ2n) is 5.13. The fraction of sp³-hybridized carbons (Fsp3) is 0.400. The Morgan fingerprint density at radius 3 is 2.74 bits per heavy atom. The molecule has 1 fully saturated rings. The van der Waals surface area contributed by atoms with Crippen molar-refractivity contribution in [2.45, 2.75) is 37.8 Å². The van der Waals surface area contributed by atoms with Gasteiger partial charge >= 0.3 is 0 Å². The van der Waals surface area contributed by atoms with Gasteiger partial charge in [-0.25, -0.2) is 0 Å². The number of hydrogen-bond donors (Lipinski definition) is 1. The van der Waals surface area contributed by atoms with Gasteiger partial charge in [-0.1, -0.05) is 11.6 Å². The number of rotatable bonds is 2. The van der Waals surface area contributed by atoms with Crippen molar-refractivity contribution in [2.75, 3.05) is 0 Å². The summed E-state index contributed by atoms with van der Waals surface area (Å²) >= 11 is 6.41. The van der Waals surface area contributed by atoms with E-state index < -0.39 is 0 Å². The van der Waals surface area contributed by atoms with Crippen molar-refractivity contribution in [1.29, 1.82) is 0 Å². The normalized spacial score (nSPS) is 23.5. The van der Waals surface area contributed by atoms with Gasteiger partial charge in [-0.05, 0) is 43.9 Å². The van der Waals surface area contributed by atoms with Gasteiger partial charge < -0.3 is 10.5 Å². The summed E-state index contributed by atoms with van der Waals surface area (Å²) in [4.78, 5) is 4.09. The zero-order chi connectivity index (χ0) is 13.2. The first-order chi connectivity index (χ1) is 9.24. The van der Waals surface area contributed by atoms with Crippen LogP contribution in [0.3, 0.4) is 0 Å². The van der Waals surface area contributed by atoms with E-state index in [0.717, 1.165) is 42.2 Å². The standard InChI is InChI=1S/C15H17ClN2O/c16-15-13-7-8-18-9-10(13)1-6-14(15)19-12-4-2-11(17)3-5-12/h1,6-9,11-12H,2-5,17H2. The second kappa shape index (κ2) is 5.35. The van der Waals surface area contributed by atoms with Crippen LogP contribution in [-0.2, 0) is 0 Å². The molecule has 0 spiro atoms. The Labute approximate surface area is 117 Å². The third-order valence-corrected chi connectivity index (χ3v) is 4.12. The summed E-state index contributed by atoms with van der Waals surface area (Å²) in [5.74, 6) is 0.765. The van der Waals surface area contributed by atoms with Gasteiger partial charge in [-0.2, -0.15) is 0 Å². The van der Waals surface area contributed by atoms with Crippen molar-refractivity contribution < 1.29 is 4.74 Å². The highest BCUT2D eigenvalue weighted by Gasteiger charge is 2.20. The molecule has 1 aliphatic carbocycles. The van der Waals surface area contributed by atoms with Crippen LogP contribution in [0.25, 0.3) is 10.8 Å². The lowest BCUT2D eigenvalue weighted by atomic mass is 9.94. The van der Waals surface area contributed by atoms with Crippen molar-refractivity contribution >= 4 is 22.4 Å². The highest BCUT2D eigenvalue weighted by molar-refractivity contribution is 6.37. The maximum atomic E-state index is 6.41. The molecule has 0 saturated heterocycles. The van der Waals surface area contributed by atoms with Gasteiger partial charge in [-0.3, -0.25) is 4.98 Å². The molecule has 2 aromatic rings. The molecule has 0 bridgehead atoms. The minimum Gasteiger partial charge on any atom is -0.489 e. The van der Waals surface area contributed by atoms with E-state index in [1.807, 2.05) is 24.4 Å². The van der Waals surface area contributed by atoms with Crippen molar-refractivity contribution in [3.05, 3.63) is 35.6 Å².